The van der Waals surface area contributed by atoms with Crippen molar-refractivity contribution < 1.29 is 13.2 Å². The average Bonchev–Trinajstić information content (AvgIpc) is 2.15. The van der Waals surface area contributed by atoms with Gasteiger partial charge in [-0.05, 0) is 30.9 Å². The highest BCUT2D eigenvalue weighted by Gasteiger charge is 2.19. The maximum atomic E-state index is 11.4. The number of hydrogen-bond donors (Lipinski definition) is 1. The zero-order chi connectivity index (χ0) is 14.8. The Morgan fingerprint density at radius 1 is 1.32 bits per heavy atom. The molecule has 0 aliphatic rings. The summed E-state index contributed by atoms with van der Waals surface area (Å²) in [5.74, 6) is 0.299. The van der Waals surface area contributed by atoms with Gasteiger partial charge in [0.15, 0.2) is 0 Å². The Bertz CT molecular complexity index is 545. The summed E-state index contributed by atoms with van der Waals surface area (Å²) in [6.45, 7) is 9.85. The van der Waals surface area contributed by atoms with Crippen LogP contribution in [0.2, 0.25) is 0 Å². The van der Waals surface area contributed by atoms with Crippen LogP contribution in [0, 0.1) is 0 Å². The fourth-order valence-corrected chi connectivity index (χ4v) is 2.00. The monoisotopic (exact) mass is 286 g/mol. The lowest BCUT2D eigenvalue weighted by molar-refractivity contribution is 0.234. The summed E-state index contributed by atoms with van der Waals surface area (Å²) in [4.78, 5) is 4.22. The van der Waals surface area contributed by atoms with Crippen molar-refractivity contribution in [3.63, 3.8) is 0 Å². The smallest absolute Gasteiger partial charge is 0.238 e. The number of rotatable bonds is 4. The van der Waals surface area contributed by atoms with Crippen molar-refractivity contribution in [3.8, 4) is 5.88 Å². The van der Waals surface area contributed by atoms with E-state index >= 15 is 0 Å². The summed E-state index contributed by atoms with van der Waals surface area (Å²) < 4.78 is 30.8. The second-order valence-electron chi connectivity index (χ2n) is 5.87. The van der Waals surface area contributed by atoms with Crippen LogP contribution in [0.15, 0.2) is 12.3 Å². The van der Waals surface area contributed by atoms with Crippen LogP contribution in [0.25, 0.3) is 0 Å². The van der Waals surface area contributed by atoms with Gasteiger partial charge in [0.1, 0.15) is 5.69 Å². The Morgan fingerprint density at radius 2 is 1.89 bits per heavy atom. The maximum absolute atomic E-state index is 11.4. The number of hydrogen-bond acceptors (Lipinski definition) is 4. The van der Waals surface area contributed by atoms with Crippen LogP contribution in [0.3, 0.4) is 0 Å². The molecule has 0 unspecified atom stereocenters. The zero-order valence-electron chi connectivity index (χ0n) is 12.3. The van der Waals surface area contributed by atoms with Gasteiger partial charge in [-0.15, -0.1) is 0 Å². The number of nitrogens with one attached hydrogen (secondary N) is 1. The van der Waals surface area contributed by atoms with E-state index in [9.17, 15) is 8.42 Å². The van der Waals surface area contributed by atoms with Gasteiger partial charge in [-0.1, -0.05) is 20.8 Å². The van der Waals surface area contributed by atoms with Gasteiger partial charge in [0, 0.05) is 6.20 Å². The molecule has 0 amide bonds. The highest BCUT2D eigenvalue weighted by molar-refractivity contribution is 7.92. The topological polar surface area (TPSA) is 68.3 Å². The van der Waals surface area contributed by atoms with Gasteiger partial charge in [-0.2, -0.15) is 0 Å². The molecule has 1 rings (SSSR count). The SMILES string of the molecule is CC(C)Oc1ncc(C(C)(C)C)cc1NS(C)(=O)=O. The van der Waals surface area contributed by atoms with E-state index < -0.39 is 10.0 Å². The molecule has 0 spiro atoms. The summed E-state index contributed by atoms with van der Waals surface area (Å²) in [5, 5.41) is 0. The molecule has 1 N–H and O–H groups in total. The van der Waals surface area contributed by atoms with E-state index in [1.54, 1.807) is 12.3 Å². The van der Waals surface area contributed by atoms with Crippen LogP contribution >= 0.6 is 0 Å². The fourth-order valence-electron chi connectivity index (χ4n) is 1.45. The van der Waals surface area contributed by atoms with Gasteiger partial charge < -0.3 is 4.74 Å². The highest BCUT2D eigenvalue weighted by atomic mass is 32.2. The molecule has 0 aromatic carbocycles. The van der Waals surface area contributed by atoms with Gasteiger partial charge in [-0.3, -0.25) is 4.72 Å². The quantitative estimate of drug-likeness (QED) is 0.923. The number of pyridine rings is 1. The van der Waals surface area contributed by atoms with Crippen molar-refractivity contribution in [3.05, 3.63) is 17.8 Å². The highest BCUT2D eigenvalue weighted by Crippen LogP contribution is 2.30. The van der Waals surface area contributed by atoms with Crippen molar-refractivity contribution in [2.45, 2.75) is 46.1 Å². The summed E-state index contributed by atoms with van der Waals surface area (Å²) in [6.07, 6.45) is 2.74. The molecular weight excluding hydrogens is 264 g/mol. The van der Waals surface area contributed by atoms with Crippen molar-refractivity contribution >= 4 is 15.7 Å². The first kappa shape index (κ1) is 15.8. The van der Waals surface area contributed by atoms with Crippen LogP contribution in [0.5, 0.6) is 5.88 Å². The fraction of sp³-hybridized carbons (Fsp3) is 0.615. The van der Waals surface area contributed by atoms with Gasteiger partial charge >= 0.3 is 0 Å². The summed E-state index contributed by atoms with van der Waals surface area (Å²) >= 11 is 0. The Hall–Kier alpha value is -1.30. The Labute approximate surface area is 115 Å². The first-order valence-corrected chi connectivity index (χ1v) is 8.03. The standard InChI is InChI=1S/C13H22N2O3S/c1-9(2)18-12-11(15-19(6,16)17)7-10(8-14-12)13(3,4)5/h7-9,15H,1-6H3. The Morgan fingerprint density at radius 3 is 2.32 bits per heavy atom. The van der Waals surface area contributed by atoms with Crippen LogP contribution in [0.4, 0.5) is 5.69 Å². The predicted molar refractivity (Wildman–Crippen MR) is 77.2 cm³/mol. The molecule has 1 aromatic heterocycles. The molecule has 0 saturated heterocycles. The molecule has 0 saturated carbocycles. The first-order valence-electron chi connectivity index (χ1n) is 6.14. The normalized spacial score (nSPS) is 12.6. The van der Waals surface area contributed by atoms with Crippen molar-refractivity contribution in [2.24, 2.45) is 0 Å². The zero-order valence-corrected chi connectivity index (χ0v) is 13.1. The predicted octanol–water partition coefficient (Wildman–Crippen LogP) is 2.54. The number of aromatic nitrogens is 1. The largest absolute Gasteiger partial charge is 0.473 e. The molecule has 6 heteroatoms. The number of anilines is 1. The molecule has 5 nitrogen and oxygen atoms in total. The molecule has 1 heterocycles. The van der Waals surface area contributed by atoms with E-state index in [2.05, 4.69) is 9.71 Å². The van der Waals surface area contributed by atoms with E-state index in [0.29, 0.717) is 11.6 Å². The summed E-state index contributed by atoms with van der Waals surface area (Å²) in [6, 6.07) is 1.77. The van der Waals surface area contributed by atoms with Gasteiger partial charge in [-0.25, -0.2) is 13.4 Å². The molecule has 0 radical (unpaired) electrons. The van der Waals surface area contributed by atoms with Crippen molar-refractivity contribution in [2.75, 3.05) is 11.0 Å². The van der Waals surface area contributed by atoms with E-state index in [0.717, 1.165) is 11.8 Å². The van der Waals surface area contributed by atoms with E-state index in [-0.39, 0.29) is 11.5 Å². The molecule has 108 valence electrons. The second-order valence-corrected chi connectivity index (χ2v) is 7.62. The van der Waals surface area contributed by atoms with E-state index in [1.807, 2.05) is 34.6 Å². The maximum Gasteiger partial charge on any atom is 0.238 e. The first-order chi connectivity index (χ1) is 8.49. The molecule has 19 heavy (non-hydrogen) atoms. The number of sulfonamides is 1. The van der Waals surface area contributed by atoms with Gasteiger partial charge in [0.05, 0.1) is 12.4 Å². The van der Waals surface area contributed by atoms with Crippen LogP contribution < -0.4 is 9.46 Å². The summed E-state index contributed by atoms with van der Waals surface area (Å²) in [7, 11) is -3.37. The van der Waals surface area contributed by atoms with Crippen LogP contribution in [-0.2, 0) is 15.4 Å². The molecule has 0 aliphatic carbocycles. The molecule has 0 fully saturated rings. The van der Waals surface area contributed by atoms with Crippen LogP contribution in [0.1, 0.15) is 40.2 Å². The molecule has 0 atom stereocenters. The molecular formula is C13H22N2O3S. The molecule has 0 aliphatic heterocycles. The number of ether oxygens (including phenoxy) is 1. The number of nitrogens with zero attached hydrogens (tertiary/aromatic N) is 1. The van der Waals surface area contributed by atoms with Gasteiger partial charge in [0.25, 0.3) is 0 Å². The van der Waals surface area contributed by atoms with E-state index in [4.69, 9.17) is 4.74 Å². The summed E-state index contributed by atoms with van der Waals surface area (Å²) in [5.41, 5.74) is 1.20. The molecule has 0 bridgehead atoms. The average molecular weight is 286 g/mol. The van der Waals surface area contributed by atoms with Gasteiger partial charge in [0.2, 0.25) is 15.9 Å². The lowest BCUT2D eigenvalue weighted by Crippen LogP contribution is -2.17. The Kier molecular flexibility index (Phi) is 4.45. The van der Waals surface area contributed by atoms with Crippen molar-refractivity contribution in [1.82, 2.24) is 4.98 Å². The minimum Gasteiger partial charge on any atom is -0.473 e. The lowest BCUT2D eigenvalue weighted by Gasteiger charge is -2.21. The van der Waals surface area contributed by atoms with Crippen LogP contribution in [-0.4, -0.2) is 25.8 Å². The third kappa shape index (κ3) is 5.06. The third-order valence-corrected chi connectivity index (χ3v) is 2.95. The van der Waals surface area contributed by atoms with Crippen molar-refractivity contribution in [1.29, 1.82) is 0 Å². The Balaban J connectivity index is 3.26. The minimum absolute atomic E-state index is 0.0758. The third-order valence-electron chi connectivity index (χ3n) is 2.36. The second kappa shape index (κ2) is 5.36. The minimum atomic E-state index is -3.37. The lowest BCUT2D eigenvalue weighted by atomic mass is 9.88. The van der Waals surface area contributed by atoms with E-state index in [1.165, 1.54) is 0 Å². The molecule has 1 aromatic rings.